The maximum atomic E-state index is 5.69. The van der Waals surface area contributed by atoms with Crippen LogP contribution in [0.5, 0.6) is 0 Å². The Hall–Kier alpha value is -1.15. The summed E-state index contributed by atoms with van der Waals surface area (Å²) in [5.74, 6) is 0.876. The van der Waals surface area contributed by atoms with Crippen LogP contribution in [0, 0.1) is 0 Å². The first-order chi connectivity index (χ1) is 6.27. The molecule has 0 spiro atoms. The van der Waals surface area contributed by atoms with Crippen molar-refractivity contribution >= 4 is 11.6 Å². The number of aromatic nitrogens is 1. The molecule has 13 heavy (non-hydrogen) atoms. The first-order valence-electron chi connectivity index (χ1n) is 4.15. The second-order valence-corrected chi connectivity index (χ2v) is 3.32. The molecule has 0 unspecified atom stereocenters. The molecule has 2 aromatic heterocycles. The molecule has 0 fully saturated rings. The SMILES string of the molecule is C[C@H](c1ccc(Cl)o1)n1cccc1. The van der Waals surface area contributed by atoms with Crippen LogP contribution in [0.3, 0.4) is 0 Å². The summed E-state index contributed by atoms with van der Waals surface area (Å²) in [4.78, 5) is 0. The maximum Gasteiger partial charge on any atom is 0.193 e. The van der Waals surface area contributed by atoms with Crippen molar-refractivity contribution in [3.8, 4) is 0 Å². The lowest BCUT2D eigenvalue weighted by Gasteiger charge is -2.09. The van der Waals surface area contributed by atoms with Crippen LogP contribution in [0.15, 0.2) is 41.1 Å². The molecule has 2 aromatic rings. The van der Waals surface area contributed by atoms with Crippen LogP contribution in [-0.2, 0) is 0 Å². The van der Waals surface area contributed by atoms with Gasteiger partial charge in [0.25, 0.3) is 0 Å². The number of hydrogen-bond donors (Lipinski definition) is 0. The fourth-order valence-electron chi connectivity index (χ4n) is 1.31. The van der Waals surface area contributed by atoms with Crippen LogP contribution in [0.25, 0.3) is 0 Å². The molecule has 2 rings (SSSR count). The molecule has 1 atom stereocenters. The number of hydrogen-bond acceptors (Lipinski definition) is 1. The summed E-state index contributed by atoms with van der Waals surface area (Å²) in [6, 6.07) is 7.83. The third kappa shape index (κ3) is 1.63. The Labute approximate surface area is 81.7 Å². The van der Waals surface area contributed by atoms with Gasteiger partial charge in [-0.25, -0.2) is 0 Å². The fraction of sp³-hybridized carbons (Fsp3) is 0.200. The number of rotatable bonds is 2. The Morgan fingerprint density at radius 3 is 2.54 bits per heavy atom. The highest BCUT2D eigenvalue weighted by Crippen LogP contribution is 2.22. The molecular formula is C10H10ClNO. The fourth-order valence-corrected chi connectivity index (χ4v) is 1.46. The molecule has 0 N–H and O–H groups in total. The molecular weight excluding hydrogens is 186 g/mol. The van der Waals surface area contributed by atoms with Crippen molar-refractivity contribution in [1.29, 1.82) is 0 Å². The van der Waals surface area contributed by atoms with Gasteiger partial charge in [-0.1, -0.05) is 0 Å². The molecule has 0 saturated heterocycles. The number of halogens is 1. The van der Waals surface area contributed by atoms with Gasteiger partial charge in [-0.05, 0) is 42.8 Å². The number of furan rings is 1. The van der Waals surface area contributed by atoms with Crippen molar-refractivity contribution in [1.82, 2.24) is 4.57 Å². The van der Waals surface area contributed by atoms with E-state index in [1.165, 1.54) is 0 Å². The summed E-state index contributed by atoms with van der Waals surface area (Å²) in [5, 5.41) is 0.439. The van der Waals surface area contributed by atoms with Crippen LogP contribution >= 0.6 is 11.6 Å². The van der Waals surface area contributed by atoms with E-state index >= 15 is 0 Å². The van der Waals surface area contributed by atoms with E-state index in [1.54, 1.807) is 6.07 Å². The van der Waals surface area contributed by atoms with E-state index in [0.29, 0.717) is 5.22 Å². The highest BCUT2D eigenvalue weighted by atomic mass is 35.5. The molecule has 0 bridgehead atoms. The van der Waals surface area contributed by atoms with Gasteiger partial charge in [0.05, 0.1) is 6.04 Å². The monoisotopic (exact) mass is 195 g/mol. The van der Waals surface area contributed by atoms with Crippen molar-refractivity contribution < 1.29 is 4.42 Å². The predicted molar refractivity (Wildman–Crippen MR) is 52.0 cm³/mol. The molecule has 0 aromatic carbocycles. The molecule has 0 aliphatic heterocycles. The topological polar surface area (TPSA) is 18.1 Å². The summed E-state index contributed by atoms with van der Waals surface area (Å²) in [6.07, 6.45) is 4.00. The lowest BCUT2D eigenvalue weighted by Crippen LogP contribution is -2.02. The Morgan fingerprint density at radius 1 is 1.31 bits per heavy atom. The van der Waals surface area contributed by atoms with Crippen LogP contribution in [0.2, 0.25) is 5.22 Å². The van der Waals surface area contributed by atoms with Gasteiger partial charge in [0.2, 0.25) is 0 Å². The smallest absolute Gasteiger partial charge is 0.193 e. The van der Waals surface area contributed by atoms with Gasteiger partial charge in [-0.15, -0.1) is 0 Å². The van der Waals surface area contributed by atoms with E-state index in [-0.39, 0.29) is 6.04 Å². The predicted octanol–water partition coefficient (Wildman–Crippen LogP) is 3.34. The minimum atomic E-state index is 0.197. The molecule has 68 valence electrons. The Morgan fingerprint density at radius 2 is 2.00 bits per heavy atom. The lowest BCUT2D eigenvalue weighted by molar-refractivity contribution is 0.448. The maximum absolute atomic E-state index is 5.69. The zero-order valence-electron chi connectivity index (χ0n) is 7.27. The molecule has 0 radical (unpaired) electrons. The van der Waals surface area contributed by atoms with Gasteiger partial charge in [0.1, 0.15) is 5.76 Å². The Kier molecular flexibility index (Phi) is 2.15. The van der Waals surface area contributed by atoms with E-state index in [0.717, 1.165) is 5.76 Å². The van der Waals surface area contributed by atoms with E-state index in [4.69, 9.17) is 16.0 Å². The van der Waals surface area contributed by atoms with Crippen LogP contribution in [0.4, 0.5) is 0 Å². The third-order valence-corrected chi connectivity index (χ3v) is 2.28. The highest BCUT2D eigenvalue weighted by Gasteiger charge is 2.10. The molecule has 0 amide bonds. The van der Waals surface area contributed by atoms with E-state index in [2.05, 4.69) is 11.5 Å². The Balaban J connectivity index is 2.28. The average Bonchev–Trinajstić information content (AvgIpc) is 2.72. The zero-order valence-corrected chi connectivity index (χ0v) is 8.03. The summed E-state index contributed by atoms with van der Waals surface area (Å²) in [5.41, 5.74) is 0. The first kappa shape index (κ1) is 8.45. The van der Waals surface area contributed by atoms with Gasteiger partial charge in [-0.3, -0.25) is 0 Å². The minimum absolute atomic E-state index is 0.197. The van der Waals surface area contributed by atoms with Crippen molar-refractivity contribution in [3.63, 3.8) is 0 Å². The molecule has 2 heterocycles. The van der Waals surface area contributed by atoms with Crippen molar-refractivity contribution in [3.05, 3.63) is 47.6 Å². The second-order valence-electron chi connectivity index (χ2n) is 2.95. The molecule has 0 aliphatic rings. The normalized spacial score (nSPS) is 13.1. The van der Waals surface area contributed by atoms with Gasteiger partial charge in [0.15, 0.2) is 5.22 Å². The standard InChI is InChI=1S/C10H10ClNO/c1-8(12-6-2-3-7-12)9-4-5-10(11)13-9/h2-8H,1H3/t8-/m1/s1. The van der Waals surface area contributed by atoms with Gasteiger partial charge < -0.3 is 8.98 Å². The van der Waals surface area contributed by atoms with E-state index in [9.17, 15) is 0 Å². The third-order valence-electron chi connectivity index (χ3n) is 2.08. The average molecular weight is 196 g/mol. The summed E-state index contributed by atoms with van der Waals surface area (Å²) >= 11 is 5.69. The van der Waals surface area contributed by atoms with E-state index < -0.39 is 0 Å². The van der Waals surface area contributed by atoms with Crippen LogP contribution < -0.4 is 0 Å². The summed E-state index contributed by atoms with van der Waals surface area (Å²) in [6.45, 7) is 2.06. The molecule has 2 nitrogen and oxygen atoms in total. The second kappa shape index (κ2) is 3.30. The number of nitrogens with zero attached hydrogens (tertiary/aromatic N) is 1. The van der Waals surface area contributed by atoms with Gasteiger partial charge in [0, 0.05) is 12.4 Å². The largest absolute Gasteiger partial charge is 0.448 e. The quantitative estimate of drug-likeness (QED) is 0.719. The molecule has 0 aliphatic carbocycles. The summed E-state index contributed by atoms with van der Waals surface area (Å²) in [7, 11) is 0. The van der Waals surface area contributed by atoms with Crippen molar-refractivity contribution in [2.45, 2.75) is 13.0 Å². The van der Waals surface area contributed by atoms with E-state index in [1.807, 2.05) is 30.6 Å². The van der Waals surface area contributed by atoms with Crippen molar-refractivity contribution in [2.75, 3.05) is 0 Å². The Bertz CT molecular complexity index is 377. The van der Waals surface area contributed by atoms with Crippen LogP contribution in [-0.4, -0.2) is 4.57 Å². The minimum Gasteiger partial charge on any atom is -0.448 e. The van der Waals surface area contributed by atoms with Crippen molar-refractivity contribution in [2.24, 2.45) is 0 Å². The first-order valence-corrected chi connectivity index (χ1v) is 4.53. The summed E-state index contributed by atoms with van der Waals surface area (Å²) < 4.78 is 7.38. The lowest BCUT2D eigenvalue weighted by atomic mass is 10.2. The van der Waals surface area contributed by atoms with Gasteiger partial charge >= 0.3 is 0 Å². The highest BCUT2D eigenvalue weighted by molar-refractivity contribution is 6.28. The van der Waals surface area contributed by atoms with Crippen LogP contribution in [0.1, 0.15) is 18.7 Å². The molecule has 0 saturated carbocycles. The zero-order chi connectivity index (χ0) is 9.26. The molecule has 3 heteroatoms. The van der Waals surface area contributed by atoms with Gasteiger partial charge in [-0.2, -0.15) is 0 Å².